The molecule has 2 aromatic carbocycles. The number of ether oxygens (including phenoxy) is 1. The van der Waals surface area contributed by atoms with Gasteiger partial charge in [0.25, 0.3) is 10.0 Å². The van der Waals surface area contributed by atoms with Crippen molar-refractivity contribution in [3.05, 3.63) is 60.2 Å². The van der Waals surface area contributed by atoms with Gasteiger partial charge in [0.15, 0.2) is 0 Å². The lowest BCUT2D eigenvalue weighted by Crippen LogP contribution is -2.26. The maximum Gasteiger partial charge on any atom is 0.338 e. The minimum atomic E-state index is -3.68. The minimum Gasteiger partial charge on any atom is -0.462 e. The standard InChI is InChI=1S/C19H23NO4S/c1-15(2)13-14-24-19(21)16-9-11-18(12-10-16)25(22,23)20(3)17-7-5-4-6-8-17/h4-12,15H,13-14H2,1-3H3. The predicted octanol–water partition coefficient (Wildman–Crippen LogP) is 3.71. The summed E-state index contributed by atoms with van der Waals surface area (Å²) in [5.41, 5.74) is 0.907. The molecule has 2 rings (SSSR count). The number of hydrogen-bond acceptors (Lipinski definition) is 4. The second-order valence-electron chi connectivity index (χ2n) is 6.15. The van der Waals surface area contributed by atoms with Gasteiger partial charge in [0.05, 0.1) is 22.8 Å². The fourth-order valence-electron chi connectivity index (χ4n) is 2.17. The first-order valence-corrected chi connectivity index (χ1v) is 9.57. The number of rotatable bonds is 7. The molecule has 25 heavy (non-hydrogen) atoms. The van der Waals surface area contributed by atoms with Crippen LogP contribution in [0.4, 0.5) is 5.69 Å². The first-order chi connectivity index (χ1) is 11.8. The Hall–Kier alpha value is -2.34. The fourth-order valence-corrected chi connectivity index (χ4v) is 3.36. The normalized spacial score (nSPS) is 11.4. The molecule has 0 amide bonds. The first kappa shape index (κ1) is 19.0. The Morgan fingerprint density at radius 1 is 1.04 bits per heavy atom. The molecule has 2 aromatic rings. The van der Waals surface area contributed by atoms with Crippen LogP contribution in [0.25, 0.3) is 0 Å². The van der Waals surface area contributed by atoms with E-state index in [2.05, 4.69) is 13.8 Å². The lowest BCUT2D eigenvalue weighted by Gasteiger charge is -2.19. The van der Waals surface area contributed by atoms with Crippen molar-refractivity contribution in [1.29, 1.82) is 0 Å². The highest BCUT2D eigenvalue weighted by molar-refractivity contribution is 7.92. The fraction of sp³-hybridized carbons (Fsp3) is 0.316. The number of sulfonamides is 1. The van der Waals surface area contributed by atoms with Crippen LogP contribution in [0.5, 0.6) is 0 Å². The maximum atomic E-state index is 12.7. The average molecular weight is 361 g/mol. The van der Waals surface area contributed by atoms with Gasteiger partial charge in [0.2, 0.25) is 0 Å². The summed E-state index contributed by atoms with van der Waals surface area (Å²) in [6.07, 6.45) is 0.792. The van der Waals surface area contributed by atoms with Crippen LogP contribution in [0.3, 0.4) is 0 Å². The van der Waals surface area contributed by atoms with Crippen molar-refractivity contribution in [1.82, 2.24) is 0 Å². The Morgan fingerprint density at radius 2 is 1.64 bits per heavy atom. The van der Waals surface area contributed by atoms with Gasteiger partial charge in [-0.1, -0.05) is 32.0 Å². The van der Waals surface area contributed by atoms with E-state index in [4.69, 9.17) is 4.74 Å². The first-order valence-electron chi connectivity index (χ1n) is 8.13. The van der Waals surface area contributed by atoms with Crippen LogP contribution >= 0.6 is 0 Å². The summed E-state index contributed by atoms with van der Waals surface area (Å²) in [6.45, 7) is 4.46. The van der Waals surface area contributed by atoms with Crippen molar-refractivity contribution < 1.29 is 17.9 Å². The van der Waals surface area contributed by atoms with Gasteiger partial charge in [-0.15, -0.1) is 0 Å². The van der Waals surface area contributed by atoms with E-state index in [9.17, 15) is 13.2 Å². The molecule has 0 bridgehead atoms. The lowest BCUT2D eigenvalue weighted by atomic mass is 10.1. The maximum absolute atomic E-state index is 12.7. The predicted molar refractivity (Wildman–Crippen MR) is 98.2 cm³/mol. The Kier molecular flexibility index (Phi) is 6.20. The summed E-state index contributed by atoms with van der Waals surface area (Å²) in [7, 11) is -2.18. The zero-order valence-electron chi connectivity index (χ0n) is 14.7. The molecular formula is C19H23NO4S. The number of para-hydroxylation sites is 1. The molecule has 5 nitrogen and oxygen atoms in total. The molecule has 0 atom stereocenters. The molecular weight excluding hydrogens is 338 g/mol. The molecule has 0 fully saturated rings. The highest BCUT2D eigenvalue weighted by atomic mass is 32.2. The highest BCUT2D eigenvalue weighted by Gasteiger charge is 2.21. The summed E-state index contributed by atoms with van der Waals surface area (Å²) >= 11 is 0. The molecule has 0 saturated carbocycles. The Balaban J connectivity index is 2.12. The molecule has 0 aliphatic rings. The van der Waals surface area contributed by atoms with Crippen LogP contribution in [0, 0.1) is 5.92 Å². The van der Waals surface area contributed by atoms with Crippen LogP contribution in [-0.2, 0) is 14.8 Å². The molecule has 6 heteroatoms. The molecule has 0 aliphatic heterocycles. The van der Waals surface area contributed by atoms with E-state index in [1.54, 1.807) is 24.3 Å². The Bertz CT molecular complexity index is 799. The summed E-state index contributed by atoms with van der Waals surface area (Å²) in [6, 6.07) is 14.6. The summed E-state index contributed by atoms with van der Waals surface area (Å²) in [4.78, 5) is 12.1. The van der Waals surface area contributed by atoms with Crippen LogP contribution in [0.15, 0.2) is 59.5 Å². The number of anilines is 1. The van der Waals surface area contributed by atoms with E-state index in [-0.39, 0.29) is 4.90 Å². The van der Waals surface area contributed by atoms with Gasteiger partial charge in [-0.05, 0) is 48.7 Å². The number of esters is 1. The third kappa shape index (κ3) is 4.82. The van der Waals surface area contributed by atoms with Crippen LogP contribution < -0.4 is 4.31 Å². The molecule has 0 aromatic heterocycles. The number of hydrogen-bond donors (Lipinski definition) is 0. The van der Waals surface area contributed by atoms with Gasteiger partial charge < -0.3 is 4.74 Å². The number of benzene rings is 2. The smallest absolute Gasteiger partial charge is 0.338 e. The monoisotopic (exact) mass is 361 g/mol. The summed E-state index contributed by atoms with van der Waals surface area (Å²) in [5, 5.41) is 0. The van der Waals surface area contributed by atoms with Gasteiger partial charge in [-0.2, -0.15) is 0 Å². The van der Waals surface area contributed by atoms with Gasteiger partial charge in [-0.25, -0.2) is 13.2 Å². The lowest BCUT2D eigenvalue weighted by molar-refractivity contribution is 0.0488. The van der Waals surface area contributed by atoms with E-state index >= 15 is 0 Å². The zero-order valence-corrected chi connectivity index (χ0v) is 15.5. The van der Waals surface area contributed by atoms with Gasteiger partial charge in [0, 0.05) is 7.05 Å². The van der Waals surface area contributed by atoms with Gasteiger partial charge in [0.1, 0.15) is 0 Å². The third-order valence-corrected chi connectivity index (χ3v) is 5.60. The van der Waals surface area contributed by atoms with Crippen LogP contribution in [0.2, 0.25) is 0 Å². The summed E-state index contributed by atoms with van der Waals surface area (Å²) < 4.78 is 31.7. The van der Waals surface area contributed by atoms with Crippen molar-refractivity contribution in [2.45, 2.75) is 25.2 Å². The van der Waals surface area contributed by atoms with Crippen molar-refractivity contribution in [2.24, 2.45) is 5.92 Å². The number of carbonyl (C=O) groups excluding carboxylic acids is 1. The van der Waals surface area contributed by atoms with Crippen LogP contribution in [0.1, 0.15) is 30.6 Å². The van der Waals surface area contributed by atoms with Crippen LogP contribution in [-0.4, -0.2) is 28.0 Å². The van der Waals surface area contributed by atoms with Crippen molar-refractivity contribution in [3.8, 4) is 0 Å². The molecule has 0 spiro atoms. The molecule has 0 radical (unpaired) electrons. The van der Waals surface area contributed by atoms with Gasteiger partial charge >= 0.3 is 5.97 Å². The molecule has 0 aliphatic carbocycles. The van der Waals surface area contributed by atoms with Gasteiger partial charge in [-0.3, -0.25) is 4.31 Å². The second-order valence-corrected chi connectivity index (χ2v) is 8.12. The minimum absolute atomic E-state index is 0.123. The van der Waals surface area contributed by atoms with E-state index < -0.39 is 16.0 Å². The van der Waals surface area contributed by atoms with E-state index in [0.717, 1.165) is 6.42 Å². The number of nitrogens with zero attached hydrogens (tertiary/aromatic N) is 1. The largest absolute Gasteiger partial charge is 0.462 e. The SMILES string of the molecule is CC(C)CCOC(=O)c1ccc(S(=O)(=O)N(C)c2ccccc2)cc1. The van der Waals surface area contributed by atoms with Crippen molar-refractivity contribution >= 4 is 21.7 Å². The van der Waals surface area contributed by atoms with E-state index in [1.165, 1.54) is 35.6 Å². The quantitative estimate of drug-likeness (QED) is 0.705. The third-order valence-electron chi connectivity index (χ3n) is 3.80. The molecule has 0 heterocycles. The van der Waals surface area contributed by atoms with Crippen molar-refractivity contribution in [2.75, 3.05) is 18.0 Å². The number of carbonyl (C=O) groups is 1. The van der Waals surface area contributed by atoms with E-state index in [1.807, 2.05) is 6.07 Å². The molecule has 0 saturated heterocycles. The molecule has 0 unspecified atom stereocenters. The summed E-state index contributed by atoms with van der Waals surface area (Å²) in [5.74, 6) is 0.00912. The molecule has 134 valence electrons. The van der Waals surface area contributed by atoms with E-state index in [0.29, 0.717) is 23.8 Å². The zero-order chi connectivity index (χ0) is 18.4. The van der Waals surface area contributed by atoms with Crippen molar-refractivity contribution in [3.63, 3.8) is 0 Å². The molecule has 0 N–H and O–H groups in total. The Labute approximate surface area is 149 Å². The average Bonchev–Trinajstić information content (AvgIpc) is 2.61. The topological polar surface area (TPSA) is 63.7 Å². The Morgan fingerprint density at radius 3 is 2.20 bits per heavy atom. The second kappa shape index (κ2) is 8.16. The highest BCUT2D eigenvalue weighted by Crippen LogP contribution is 2.22.